The number of hydrogen-bond acceptors (Lipinski definition) is 3. The first-order valence-electron chi connectivity index (χ1n) is 10.6. The van der Waals surface area contributed by atoms with E-state index in [0.29, 0.717) is 26.2 Å². The molecule has 0 saturated carbocycles. The third-order valence-corrected chi connectivity index (χ3v) is 6.15. The Morgan fingerprint density at radius 3 is 2.41 bits per heavy atom. The highest BCUT2D eigenvalue weighted by molar-refractivity contribution is 5.74. The van der Waals surface area contributed by atoms with Crippen molar-refractivity contribution < 1.29 is 14.3 Å². The SMILES string of the molecule is O=C(NCC1(c2ccccc2)CCOCC1)N1CCO[C@H](Cc2ccccc2)C1. The zero-order valence-corrected chi connectivity index (χ0v) is 16.9. The highest BCUT2D eigenvalue weighted by atomic mass is 16.5. The van der Waals surface area contributed by atoms with Gasteiger partial charge in [-0.3, -0.25) is 0 Å². The summed E-state index contributed by atoms with van der Waals surface area (Å²) in [5.74, 6) is 0. The molecule has 0 bridgehead atoms. The van der Waals surface area contributed by atoms with Crippen molar-refractivity contribution in [2.45, 2.75) is 30.8 Å². The molecule has 0 aliphatic carbocycles. The third-order valence-electron chi connectivity index (χ3n) is 6.15. The Labute approximate surface area is 173 Å². The van der Waals surface area contributed by atoms with E-state index < -0.39 is 0 Å². The van der Waals surface area contributed by atoms with Gasteiger partial charge < -0.3 is 19.7 Å². The van der Waals surface area contributed by atoms with Crippen LogP contribution in [0.4, 0.5) is 4.79 Å². The Balaban J connectivity index is 1.36. The number of rotatable bonds is 5. The minimum Gasteiger partial charge on any atom is -0.381 e. The Morgan fingerprint density at radius 1 is 1.00 bits per heavy atom. The normalized spacial score (nSPS) is 21.5. The standard InChI is InChI=1S/C24H30N2O3/c27-23(26-13-16-29-22(18-26)17-20-7-3-1-4-8-20)25-19-24(11-14-28-15-12-24)21-9-5-2-6-10-21/h1-10,22H,11-19H2,(H,25,27)/t22-/m1/s1. The fourth-order valence-electron chi connectivity index (χ4n) is 4.38. The summed E-state index contributed by atoms with van der Waals surface area (Å²) >= 11 is 0. The first-order chi connectivity index (χ1) is 14.3. The zero-order chi connectivity index (χ0) is 19.9. The molecule has 2 saturated heterocycles. The molecule has 4 rings (SSSR count). The van der Waals surface area contributed by atoms with Crippen molar-refractivity contribution in [3.8, 4) is 0 Å². The topological polar surface area (TPSA) is 50.8 Å². The quantitative estimate of drug-likeness (QED) is 0.846. The number of urea groups is 1. The number of morpholine rings is 1. The summed E-state index contributed by atoms with van der Waals surface area (Å²) in [5.41, 5.74) is 2.47. The zero-order valence-electron chi connectivity index (χ0n) is 16.9. The molecular formula is C24H30N2O3. The number of nitrogens with zero attached hydrogens (tertiary/aromatic N) is 1. The molecule has 0 radical (unpaired) electrons. The van der Waals surface area contributed by atoms with Crippen LogP contribution in [-0.4, -0.2) is 56.5 Å². The monoisotopic (exact) mass is 394 g/mol. The van der Waals surface area contributed by atoms with Gasteiger partial charge in [0.2, 0.25) is 0 Å². The molecule has 1 N–H and O–H groups in total. The molecule has 0 unspecified atom stereocenters. The van der Waals surface area contributed by atoms with E-state index >= 15 is 0 Å². The number of carbonyl (C=O) groups excluding carboxylic acids is 1. The van der Waals surface area contributed by atoms with Crippen LogP contribution in [0.25, 0.3) is 0 Å². The molecule has 154 valence electrons. The van der Waals surface area contributed by atoms with Crippen LogP contribution in [-0.2, 0) is 21.3 Å². The van der Waals surface area contributed by atoms with Crippen LogP contribution in [0, 0.1) is 0 Å². The Kier molecular flexibility index (Phi) is 6.47. The fourth-order valence-corrected chi connectivity index (χ4v) is 4.38. The number of amides is 2. The number of ether oxygens (including phenoxy) is 2. The van der Waals surface area contributed by atoms with Crippen LogP contribution in [0.3, 0.4) is 0 Å². The Bertz CT molecular complexity index is 775. The Morgan fingerprint density at radius 2 is 1.69 bits per heavy atom. The first-order valence-corrected chi connectivity index (χ1v) is 10.6. The molecule has 2 aliphatic heterocycles. The second-order valence-corrected chi connectivity index (χ2v) is 8.05. The molecule has 2 aromatic carbocycles. The second kappa shape index (κ2) is 9.42. The van der Waals surface area contributed by atoms with E-state index in [2.05, 4.69) is 41.7 Å². The molecule has 1 atom stereocenters. The van der Waals surface area contributed by atoms with Gasteiger partial charge in [-0.1, -0.05) is 60.7 Å². The summed E-state index contributed by atoms with van der Waals surface area (Å²) in [6, 6.07) is 20.8. The molecule has 2 heterocycles. The van der Waals surface area contributed by atoms with Crippen molar-refractivity contribution >= 4 is 6.03 Å². The minimum absolute atomic E-state index is 0.00756. The molecule has 0 aromatic heterocycles. The van der Waals surface area contributed by atoms with Gasteiger partial charge in [-0.2, -0.15) is 0 Å². The third kappa shape index (κ3) is 4.98. The van der Waals surface area contributed by atoms with Crippen molar-refractivity contribution in [3.63, 3.8) is 0 Å². The fraction of sp³-hybridized carbons (Fsp3) is 0.458. The first kappa shape index (κ1) is 19.9. The van der Waals surface area contributed by atoms with Crippen molar-refractivity contribution in [1.29, 1.82) is 0 Å². The van der Waals surface area contributed by atoms with Crippen LogP contribution >= 0.6 is 0 Å². The molecule has 0 spiro atoms. The molecule has 29 heavy (non-hydrogen) atoms. The molecule has 2 aliphatic rings. The predicted molar refractivity (Wildman–Crippen MR) is 113 cm³/mol. The van der Waals surface area contributed by atoms with Crippen LogP contribution < -0.4 is 5.32 Å². The summed E-state index contributed by atoms with van der Waals surface area (Å²) in [6.07, 6.45) is 2.73. The van der Waals surface area contributed by atoms with Crippen LogP contribution in [0.15, 0.2) is 60.7 Å². The summed E-state index contributed by atoms with van der Waals surface area (Å²) < 4.78 is 11.5. The van der Waals surface area contributed by atoms with E-state index in [1.807, 2.05) is 29.2 Å². The maximum Gasteiger partial charge on any atom is 0.317 e. The van der Waals surface area contributed by atoms with Crippen LogP contribution in [0.5, 0.6) is 0 Å². The lowest BCUT2D eigenvalue weighted by Crippen LogP contribution is -2.53. The highest BCUT2D eigenvalue weighted by Crippen LogP contribution is 2.34. The van der Waals surface area contributed by atoms with E-state index in [4.69, 9.17) is 9.47 Å². The van der Waals surface area contributed by atoms with Crippen molar-refractivity contribution in [2.75, 3.05) is 39.5 Å². The van der Waals surface area contributed by atoms with Gasteiger partial charge in [0, 0.05) is 44.7 Å². The van der Waals surface area contributed by atoms with E-state index in [-0.39, 0.29) is 17.6 Å². The molecule has 2 amide bonds. The van der Waals surface area contributed by atoms with Crippen molar-refractivity contribution in [3.05, 3.63) is 71.8 Å². The minimum atomic E-state index is -0.0507. The molecule has 2 aromatic rings. The maximum atomic E-state index is 12.9. The van der Waals surface area contributed by atoms with E-state index in [1.165, 1.54) is 11.1 Å². The lowest BCUT2D eigenvalue weighted by Gasteiger charge is -2.39. The maximum absolute atomic E-state index is 12.9. The average molecular weight is 395 g/mol. The number of hydrogen-bond donors (Lipinski definition) is 1. The number of carbonyl (C=O) groups is 1. The lowest BCUT2D eigenvalue weighted by atomic mass is 9.74. The summed E-state index contributed by atoms with van der Waals surface area (Å²) in [5, 5.41) is 3.22. The summed E-state index contributed by atoms with van der Waals surface area (Å²) in [7, 11) is 0. The van der Waals surface area contributed by atoms with Gasteiger partial charge in [0.05, 0.1) is 12.7 Å². The predicted octanol–water partition coefficient (Wildman–Crippen LogP) is 3.39. The lowest BCUT2D eigenvalue weighted by molar-refractivity contribution is -0.0138. The van der Waals surface area contributed by atoms with E-state index in [9.17, 15) is 4.79 Å². The molecule has 5 heteroatoms. The van der Waals surface area contributed by atoms with Gasteiger partial charge in [0.25, 0.3) is 0 Å². The van der Waals surface area contributed by atoms with Gasteiger partial charge in [-0.25, -0.2) is 4.79 Å². The van der Waals surface area contributed by atoms with Gasteiger partial charge in [-0.15, -0.1) is 0 Å². The number of nitrogens with one attached hydrogen (secondary N) is 1. The van der Waals surface area contributed by atoms with Gasteiger partial charge in [0.1, 0.15) is 0 Å². The number of benzene rings is 2. The average Bonchev–Trinajstić information content (AvgIpc) is 2.79. The summed E-state index contributed by atoms with van der Waals surface area (Å²) in [4.78, 5) is 14.8. The van der Waals surface area contributed by atoms with Crippen molar-refractivity contribution in [2.24, 2.45) is 0 Å². The van der Waals surface area contributed by atoms with Gasteiger partial charge in [-0.05, 0) is 24.0 Å². The highest BCUT2D eigenvalue weighted by Gasteiger charge is 2.35. The van der Waals surface area contributed by atoms with Crippen molar-refractivity contribution in [1.82, 2.24) is 10.2 Å². The largest absolute Gasteiger partial charge is 0.381 e. The van der Waals surface area contributed by atoms with E-state index in [0.717, 1.165) is 32.5 Å². The van der Waals surface area contributed by atoms with Gasteiger partial charge >= 0.3 is 6.03 Å². The molecular weight excluding hydrogens is 364 g/mol. The van der Waals surface area contributed by atoms with Crippen LogP contribution in [0.1, 0.15) is 24.0 Å². The Hall–Kier alpha value is -2.37. The van der Waals surface area contributed by atoms with Gasteiger partial charge in [0.15, 0.2) is 0 Å². The molecule has 5 nitrogen and oxygen atoms in total. The summed E-state index contributed by atoms with van der Waals surface area (Å²) in [6.45, 7) is 3.96. The molecule has 2 fully saturated rings. The van der Waals surface area contributed by atoms with Crippen LogP contribution in [0.2, 0.25) is 0 Å². The second-order valence-electron chi connectivity index (χ2n) is 8.05. The van der Waals surface area contributed by atoms with E-state index in [1.54, 1.807) is 0 Å². The smallest absolute Gasteiger partial charge is 0.317 e.